The van der Waals surface area contributed by atoms with Crippen LogP contribution >= 0.6 is 0 Å². The molecule has 1 aromatic heterocycles. The maximum Gasteiger partial charge on any atom is 2.00 e. The number of phenols is 1. The van der Waals surface area contributed by atoms with Gasteiger partial charge in [0.15, 0.2) is 0 Å². The SMILES string of the molecule is CN1CCCC1c1cccnc1.O=C(O)c1ccccc1O.O=C([O-])c1ccccc1[OH2+].O=C([O-])c1ccccc1[OH2+].O=C([O-])c1ccccc1[OH2+].[Mn+2]. The standard InChI is InChI=1S/C10H14N2.4C7H6O3.Mn/c1-12-7-3-5-10(12)9-4-2-6-11-8-9;4*8-6-4-2-1-3-5(6)7(9)10;/h2,4,6,8,10H,3,5,7H2,1H3;4*1-4,8H,(H,9,10);/q;;;;;+2. The molecular weight excluding hydrogens is 731 g/mol. The molecule has 0 aliphatic carbocycles. The first-order valence-electron chi connectivity index (χ1n) is 15.4. The van der Waals surface area contributed by atoms with Crippen LogP contribution in [0.15, 0.2) is 122 Å². The zero-order valence-corrected chi connectivity index (χ0v) is 29.5. The maximum atomic E-state index is 10.3. The fourth-order valence-corrected chi connectivity index (χ4v) is 4.54. The fourth-order valence-electron chi connectivity index (χ4n) is 4.54. The van der Waals surface area contributed by atoms with Crippen molar-refractivity contribution >= 4 is 23.9 Å². The average Bonchev–Trinajstić information content (AvgIpc) is 3.56. The van der Waals surface area contributed by atoms with Gasteiger partial charge in [-0.3, -0.25) is 9.88 Å². The predicted molar refractivity (Wildman–Crippen MR) is 185 cm³/mol. The number of likely N-dealkylation sites (tertiary alicyclic amines) is 1. The second-order valence-electron chi connectivity index (χ2n) is 10.7. The molecule has 1 aliphatic heterocycles. The molecule has 0 bridgehead atoms. The van der Waals surface area contributed by atoms with E-state index in [1.165, 1.54) is 73.5 Å². The van der Waals surface area contributed by atoms with Crippen molar-refractivity contribution in [1.29, 1.82) is 0 Å². The summed E-state index contributed by atoms with van der Waals surface area (Å²) in [5.74, 6) is -5.25. The van der Waals surface area contributed by atoms with Crippen LogP contribution in [0, 0.1) is 0 Å². The van der Waals surface area contributed by atoms with Gasteiger partial charge in [0.1, 0.15) is 11.3 Å². The van der Waals surface area contributed by atoms with E-state index in [9.17, 15) is 34.5 Å². The molecule has 14 nitrogen and oxygen atoms in total. The van der Waals surface area contributed by atoms with Crippen molar-refractivity contribution < 1.29 is 77.1 Å². The number of hydrogen-bond donors (Lipinski definition) is 2. The molecule has 1 saturated heterocycles. The van der Waals surface area contributed by atoms with Gasteiger partial charge in [-0.15, -0.1) is 0 Å². The molecule has 1 unspecified atom stereocenters. The van der Waals surface area contributed by atoms with E-state index in [0.29, 0.717) is 6.04 Å². The van der Waals surface area contributed by atoms with E-state index < -0.39 is 23.9 Å². The summed E-state index contributed by atoms with van der Waals surface area (Å²) < 4.78 is 0. The summed E-state index contributed by atoms with van der Waals surface area (Å²) in [6.07, 6.45) is 6.41. The molecular formula is C38H38MnN2O12+2. The summed E-state index contributed by atoms with van der Waals surface area (Å²) in [7, 11) is 2.19. The Kier molecular flexibility index (Phi) is 19.5. The molecule has 277 valence electrons. The number of hydrogen-bond acceptors (Lipinski definition) is 10. The first-order valence-corrected chi connectivity index (χ1v) is 15.4. The van der Waals surface area contributed by atoms with Gasteiger partial charge in [0.25, 0.3) is 17.2 Å². The van der Waals surface area contributed by atoms with Crippen LogP contribution in [-0.2, 0) is 17.1 Å². The Labute approximate surface area is 315 Å². The third kappa shape index (κ3) is 15.2. The van der Waals surface area contributed by atoms with Crippen molar-refractivity contribution in [2.45, 2.75) is 18.9 Å². The Morgan fingerprint density at radius 3 is 1.32 bits per heavy atom. The summed E-state index contributed by atoms with van der Waals surface area (Å²) in [5, 5.41) is 69.1. The second kappa shape index (κ2) is 23.1. The first-order chi connectivity index (χ1) is 24.7. The van der Waals surface area contributed by atoms with Crippen molar-refractivity contribution in [3.8, 4) is 23.0 Å². The van der Waals surface area contributed by atoms with Crippen molar-refractivity contribution in [1.82, 2.24) is 9.88 Å². The Morgan fingerprint density at radius 2 is 1.06 bits per heavy atom. The summed E-state index contributed by atoms with van der Waals surface area (Å²) in [4.78, 5) is 47.4. The molecule has 1 radical (unpaired) electrons. The average molecular weight is 770 g/mol. The van der Waals surface area contributed by atoms with E-state index in [1.807, 2.05) is 18.5 Å². The van der Waals surface area contributed by atoms with Gasteiger partial charge in [0.05, 0.1) is 34.6 Å². The number of benzene rings is 4. The minimum Gasteiger partial charge on any atom is -0.593 e. The van der Waals surface area contributed by atoms with E-state index in [1.54, 1.807) is 48.5 Å². The number of rotatable bonds is 5. The van der Waals surface area contributed by atoms with Crippen molar-refractivity contribution in [3.63, 3.8) is 0 Å². The van der Waals surface area contributed by atoms with Gasteiger partial charge in [0.2, 0.25) is 0 Å². The van der Waals surface area contributed by atoms with Gasteiger partial charge >= 0.3 is 23.0 Å². The van der Waals surface area contributed by atoms with Gasteiger partial charge < -0.3 is 55.2 Å². The number of nitrogens with zero attached hydrogens (tertiary/aromatic N) is 2. The fraction of sp³-hybridized carbons (Fsp3) is 0.132. The number of carboxylic acid groups (broad SMARTS) is 4. The third-order valence-corrected chi connectivity index (χ3v) is 7.17. The predicted octanol–water partition coefficient (Wildman–Crippen LogP) is 1.40. The molecule has 1 atom stereocenters. The third-order valence-electron chi connectivity index (χ3n) is 7.17. The van der Waals surface area contributed by atoms with E-state index in [0.717, 1.165) is 0 Å². The molecule has 1 aliphatic rings. The Balaban J connectivity index is 0.000000331. The number of para-hydroxylation sites is 4. The Morgan fingerprint density at radius 1 is 0.660 bits per heavy atom. The zero-order chi connectivity index (χ0) is 38.6. The molecule has 6 rings (SSSR count). The van der Waals surface area contributed by atoms with E-state index >= 15 is 0 Å². The van der Waals surface area contributed by atoms with Gasteiger partial charge in [-0.25, -0.2) is 4.79 Å². The molecule has 0 spiro atoms. The normalized spacial score (nSPS) is 12.5. The molecule has 0 amide bonds. The van der Waals surface area contributed by atoms with Crippen molar-refractivity contribution in [3.05, 3.63) is 149 Å². The summed E-state index contributed by atoms with van der Waals surface area (Å²) in [6.45, 7) is 1.22. The molecule has 5 aromatic rings. The Bertz CT molecular complexity index is 1700. The van der Waals surface area contributed by atoms with Crippen LogP contribution in [-0.4, -0.2) is 72.9 Å². The topological polar surface area (TPSA) is 263 Å². The largest absolute Gasteiger partial charge is 2.00 e. The molecule has 0 saturated carbocycles. The van der Waals surface area contributed by atoms with Gasteiger partial charge in [-0.05, 0) is 68.4 Å². The molecule has 15 heteroatoms. The second-order valence-corrected chi connectivity index (χ2v) is 10.7. The summed E-state index contributed by atoms with van der Waals surface area (Å²) in [6, 6.07) is 28.4. The van der Waals surface area contributed by atoms with Gasteiger partial charge in [0, 0.05) is 36.6 Å². The van der Waals surface area contributed by atoms with Crippen LogP contribution in [0.3, 0.4) is 0 Å². The zero-order valence-electron chi connectivity index (χ0n) is 28.3. The number of carboxylic acids is 4. The minimum atomic E-state index is -1.30. The number of aromatic hydroxyl groups is 1. The number of aromatic nitrogens is 1. The number of carbonyl (C=O) groups is 4. The first kappa shape index (κ1) is 44.6. The quantitative estimate of drug-likeness (QED) is 0.191. The molecule has 53 heavy (non-hydrogen) atoms. The monoisotopic (exact) mass is 769 g/mol. The number of aromatic carboxylic acids is 4. The minimum absolute atomic E-state index is 0. The molecule has 2 heterocycles. The van der Waals surface area contributed by atoms with Crippen LogP contribution in [0.5, 0.6) is 23.0 Å². The van der Waals surface area contributed by atoms with Crippen LogP contribution in [0.2, 0.25) is 0 Å². The van der Waals surface area contributed by atoms with Gasteiger partial charge in [-0.1, -0.05) is 54.6 Å². The molecule has 4 aromatic carbocycles. The smallest absolute Gasteiger partial charge is 0.593 e. The van der Waals surface area contributed by atoms with E-state index in [4.69, 9.17) is 25.5 Å². The van der Waals surface area contributed by atoms with Crippen molar-refractivity contribution in [2.75, 3.05) is 13.6 Å². The molecule has 8 N–H and O–H groups in total. The van der Waals surface area contributed by atoms with Crippen LogP contribution in [0.25, 0.3) is 0 Å². The van der Waals surface area contributed by atoms with Crippen LogP contribution in [0.4, 0.5) is 0 Å². The summed E-state index contributed by atoms with van der Waals surface area (Å²) in [5.41, 5.74) is 1.09. The van der Waals surface area contributed by atoms with Gasteiger partial charge in [-0.2, -0.15) is 0 Å². The van der Waals surface area contributed by atoms with Crippen LogP contribution in [0.1, 0.15) is 65.9 Å². The van der Waals surface area contributed by atoms with Crippen LogP contribution < -0.4 is 15.3 Å². The molecule has 1 fully saturated rings. The summed E-state index contributed by atoms with van der Waals surface area (Å²) >= 11 is 0. The van der Waals surface area contributed by atoms with E-state index in [2.05, 4.69) is 23.0 Å². The van der Waals surface area contributed by atoms with Crippen molar-refractivity contribution in [2.24, 2.45) is 0 Å². The number of carbonyl (C=O) groups excluding carboxylic acids is 3. The number of pyridine rings is 1. The van der Waals surface area contributed by atoms with E-state index in [-0.39, 0.29) is 62.3 Å². The maximum absolute atomic E-state index is 10.3. The Hall–Kier alpha value is -6.41.